The van der Waals surface area contributed by atoms with Crippen molar-refractivity contribution in [1.29, 1.82) is 0 Å². The van der Waals surface area contributed by atoms with Gasteiger partial charge in [0.15, 0.2) is 0 Å². The van der Waals surface area contributed by atoms with Gasteiger partial charge in [0.05, 0.1) is 6.61 Å². The van der Waals surface area contributed by atoms with E-state index in [4.69, 9.17) is 4.74 Å². The van der Waals surface area contributed by atoms with Crippen LogP contribution in [-0.4, -0.2) is 41.9 Å². The number of rotatable bonds is 6. The number of thioether (sulfide) groups is 1. The van der Waals surface area contributed by atoms with E-state index in [2.05, 4.69) is 24.0 Å². The lowest BCUT2D eigenvalue weighted by Gasteiger charge is -2.44. The van der Waals surface area contributed by atoms with Gasteiger partial charge in [0.25, 0.3) is 0 Å². The predicted molar refractivity (Wildman–Crippen MR) is 99.3 cm³/mol. The Labute approximate surface area is 150 Å². The van der Waals surface area contributed by atoms with Crippen LogP contribution in [0.2, 0.25) is 0 Å². The maximum absolute atomic E-state index is 12.5. The lowest BCUT2D eigenvalue weighted by atomic mass is 9.84. The molecule has 3 nitrogen and oxygen atoms in total. The number of ether oxygens (including phenoxy) is 1. The highest BCUT2D eigenvalue weighted by Gasteiger charge is 2.34. The van der Waals surface area contributed by atoms with Gasteiger partial charge in [-0.15, -0.1) is 11.8 Å². The van der Waals surface area contributed by atoms with E-state index >= 15 is 0 Å². The quantitative estimate of drug-likeness (QED) is 0.565. The van der Waals surface area contributed by atoms with Crippen molar-refractivity contribution in [2.75, 3.05) is 19.7 Å². The molecule has 0 spiro atoms. The van der Waals surface area contributed by atoms with E-state index in [0.29, 0.717) is 18.6 Å². The summed E-state index contributed by atoms with van der Waals surface area (Å²) in [4.78, 5) is 16.3. The number of hydrogen-bond donors (Lipinski definition) is 0. The highest BCUT2D eigenvalue weighted by atomic mass is 32.2. The van der Waals surface area contributed by atoms with E-state index < -0.39 is 0 Å². The van der Waals surface area contributed by atoms with Crippen molar-refractivity contribution >= 4 is 17.7 Å². The van der Waals surface area contributed by atoms with E-state index in [-0.39, 0.29) is 11.2 Å². The molecular weight excluding hydrogens is 318 g/mol. The normalized spacial score (nSPS) is 25.7. The van der Waals surface area contributed by atoms with Crippen molar-refractivity contribution in [2.45, 2.75) is 61.6 Å². The van der Waals surface area contributed by atoms with Crippen molar-refractivity contribution in [3.63, 3.8) is 0 Å². The molecule has 2 aliphatic heterocycles. The Morgan fingerprint density at radius 3 is 2.79 bits per heavy atom. The molecule has 0 aromatic heterocycles. The largest absolute Gasteiger partial charge is 0.464 e. The van der Waals surface area contributed by atoms with Crippen LogP contribution in [0.15, 0.2) is 35.2 Å². The first-order valence-corrected chi connectivity index (χ1v) is 10.3. The van der Waals surface area contributed by atoms with Crippen molar-refractivity contribution in [3.05, 3.63) is 30.3 Å². The second-order valence-corrected chi connectivity index (χ2v) is 8.24. The Hall–Kier alpha value is -1.00. The highest BCUT2D eigenvalue weighted by Crippen LogP contribution is 2.32. The van der Waals surface area contributed by atoms with Gasteiger partial charge in [-0.1, -0.05) is 31.5 Å². The summed E-state index contributed by atoms with van der Waals surface area (Å²) < 4.78 is 5.77. The molecule has 0 amide bonds. The summed E-state index contributed by atoms with van der Waals surface area (Å²) in [6, 6.07) is 10.8. The first-order chi connectivity index (χ1) is 11.8. The van der Waals surface area contributed by atoms with Gasteiger partial charge < -0.3 is 4.74 Å². The summed E-state index contributed by atoms with van der Waals surface area (Å²) >= 11 is 1.62. The van der Waals surface area contributed by atoms with Crippen LogP contribution in [0.5, 0.6) is 0 Å². The van der Waals surface area contributed by atoms with Gasteiger partial charge in [0.1, 0.15) is 5.25 Å². The Balaban J connectivity index is 1.51. The van der Waals surface area contributed by atoms with Crippen LogP contribution in [0.1, 0.15) is 45.4 Å². The molecule has 2 aliphatic rings. The smallest absolute Gasteiger partial charge is 0.319 e. The molecule has 132 valence electrons. The molecule has 2 heterocycles. The van der Waals surface area contributed by atoms with Gasteiger partial charge in [-0.25, -0.2) is 0 Å². The molecule has 0 N–H and O–H groups in total. The van der Waals surface area contributed by atoms with Crippen molar-refractivity contribution in [1.82, 2.24) is 4.90 Å². The van der Waals surface area contributed by atoms with Gasteiger partial charge >= 0.3 is 5.97 Å². The molecule has 0 saturated carbocycles. The lowest BCUT2D eigenvalue weighted by molar-refractivity contribution is -0.146. The molecule has 1 unspecified atom stereocenters. The van der Waals surface area contributed by atoms with Gasteiger partial charge in [-0.2, -0.15) is 0 Å². The van der Waals surface area contributed by atoms with Crippen molar-refractivity contribution in [2.24, 2.45) is 5.92 Å². The average molecular weight is 348 g/mol. The lowest BCUT2D eigenvalue weighted by Crippen LogP contribution is -2.49. The first kappa shape index (κ1) is 17.8. The number of carbonyl (C=O) groups is 1. The summed E-state index contributed by atoms with van der Waals surface area (Å²) in [5.41, 5.74) is 0. The second kappa shape index (κ2) is 8.91. The third-order valence-corrected chi connectivity index (χ3v) is 6.68. The Morgan fingerprint density at radius 2 is 2.00 bits per heavy atom. The Morgan fingerprint density at radius 1 is 1.21 bits per heavy atom. The average Bonchev–Trinajstić information content (AvgIpc) is 2.65. The molecule has 4 heteroatoms. The zero-order valence-electron chi connectivity index (χ0n) is 14.7. The third kappa shape index (κ3) is 4.54. The standard InChI is InChI=1S/C20H29NO2S/c1-2-19(24-17-10-4-3-5-11-17)20(22)23-15-16-9-8-14-21-13-7-6-12-18(16)21/h3-5,10-11,16,18-19H,2,6-9,12-15H2,1H3/t16-,18+,19?/m0/s1. The topological polar surface area (TPSA) is 29.5 Å². The summed E-state index contributed by atoms with van der Waals surface area (Å²) in [5.74, 6) is 0.488. The van der Waals surface area contributed by atoms with Crippen molar-refractivity contribution < 1.29 is 9.53 Å². The number of carbonyl (C=O) groups excluding carboxylic acids is 1. The van der Waals surface area contributed by atoms with Crippen LogP contribution in [0.4, 0.5) is 0 Å². The van der Waals surface area contributed by atoms with Gasteiger partial charge in [-0.05, 0) is 57.3 Å². The molecule has 3 atom stereocenters. The Bertz CT molecular complexity index is 520. The van der Waals surface area contributed by atoms with Crippen LogP contribution >= 0.6 is 11.8 Å². The van der Waals surface area contributed by atoms with Crippen LogP contribution in [0, 0.1) is 5.92 Å². The number of esters is 1. The fourth-order valence-corrected chi connectivity index (χ4v) is 4.99. The van der Waals surface area contributed by atoms with Crippen molar-refractivity contribution in [3.8, 4) is 0 Å². The van der Waals surface area contributed by atoms with E-state index in [1.807, 2.05) is 18.2 Å². The SMILES string of the molecule is CCC(Sc1ccccc1)C(=O)OC[C@@H]1CCCN2CCCC[C@H]12. The van der Waals surface area contributed by atoms with Crippen LogP contribution < -0.4 is 0 Å². The molecule has 3 rings (SSSR count). The van der Waals surface area contributed by atoms with Gasteiger partial charge in [-0.3, -0.25) is 9.69 Å². The molecule has 2 fully saturated rings. The predicted octanol–water partition coefficient (Wildman–Crippen LogP) is 4.37. The van der Waals surface area contributed by atoms with Gasteiger partial charge in [0, 0.05) is 16.9 Å². The van der Waals surface area contributed by atoms with Gasteiger partial charge in [0.2, 0.25) is 0 Å². The summed E-state index contributed by atoms with van der Waals surface area (Å²) in [7, 11) is 0. The number of benzene rings is 1. The molecule has 2 saturated heterocycles. The number of nitrogens with zero attached hydrogens (tertiary/aromatic N) is 1. The minimum Gasteiger partial charge on any atom is -0.464 e. The number of piperidine rings is 2. The van der Waals surface area contributed by atoms with E-state index in [1.54, 1.807) is 11.8 Å². The molecular formula is C20H29NO2S. The Kier molecular flexibility index (Phi) is 6.61. The molecule has 1 aromatic rings. The third-order valence-electron chi connectivity index (χ3n) is 5.32. The first-order valence-electron chi connectivity index (χ1n) is 9.40. The minimum absolute atomic E-state index is 0.0423. The monoisotopic (exact) mass is 347 g/mol. The molecule has 0 bridgehead atoms. The maximum atomic E-state index is 12.5. The number of fused-ring (bicyclic) bond motifs is 1. The minimum atomic E-state index is -0.0987. The summed E-state index contributed by atoms with van der Waals surface area (Å²) in [6.07, 6.45) is 7.18. The van der Waals surface area contributed by atoms with Crippen LogP contribution in [0.25, 0.3) is 0 Å². The maximum Gasteiger partial charge on any atom is 0.319 e. The fourth-order valence-electron chi connectivity index (χ4n) is 4.02. The summed E-state index contributed by atoms with van der Waals surface area (Å²) in [6.45, 7) is 5.13. The second-order valence-electron chi connectivity index (χ2n) is 6.96. The number of hydrogen-bond acceptors (Lipinski definition) is 4. The van der Waals surface area contributed by atoms with Crippen LogP contribution in [0.3, 0.4) is 0 Å². The molecule has 1 aromatic carbocycles. The summed E-state index contributed by atoms with van der Waals surface area (Å²) in [5, 5.41) is -0.0987. The highest BCUT2D eigenvalue weighted by molar-refractivity contribution is 8.00. The molecule has 24 heavy (non-hydrogen) atoms. The fraction of sp³-hybridized carbons (Fsp3) is 0.650. The zero-order valence-corrected chi connectivity index (χ0v) is 15.5. The molecule has 0 radical (unpaired) electrons. The molecule has 0 aliphatic carbocycles. The zero-order chi connectivity index (χ0) is 16.8. The van der Waals surface area contributed by atoms with Crippen LogP contribution in [-0.2, 0) is 9.53 Å². The van der Waals surface area contributed by atoms with E-state index in [1.165, 1.54) is 45.2 Å². The van der Waals surface area contributed by atoms with E-state index in [9.17, 15) is 4.79 Å². The van der Waals surface area contributed by atoms with E-state index in [0.717, 1.165) is 11.3 Å².